The Morgan fingerprint density at radius 2 is 0.765 bits per heavy atom. The molecule has 12 rings (SSSR count). The van der Waals surface area contributed by atoms with E-state index in [0.717, 1.165) is 71.3 Å². The summed E-state index contributed by atoms with van der Waals surface area (Å²) in [4.78, 5) is 15.7. The fourth-order valence-corrected chi connectivity index (χ4v) is 9.81. The summed E-state index contributed by atoms with van der Waals surface area (Å²) in [7, 11) is 27.5. The van der Waals surface area contributed by atoms with Gasteiger partial charge in [-0.1, -0.05) is 211 Å². The summed E-state index contributed by atoms with van der Waals surface area (Å²) in [6.07, 6.45) is 0. The Balaban J connectivity index is 1.07. The van der Waals surface area contributed by atoms with Crippen molar-refractivity contribution in [3.63, 3.8) is 0 Å². The average Bonchev–Trinajstić information content (AvgIpc) is 3.40. The van der Waals surface area contributed by atoms with Gasteiger partial charge in [0, 0.05) is 16.7 Å². The van der Waals surface area contributed by atoms with Crippen molar-refractivity contribution >= 4 is 96.3 Å². The molecule has 306 valence electrons. The summed E-state index contributed by atoms with van der Waals surface area (Å²) in [6, 6.07) is 73.8. The first-order chi connectivity index (χ1) is 33.4. The fourth-order valence-electron chi connectivity index (χ4n) is 9.81. The van der Waals surface area contributed by atoms with Gasteiger partial charge in [0.25, 0.3) is 0 Å². The zero-order valence-corrected chi connectivity index (χ0v) is 36.9. The highest BCUT2D eigenvalue weighted by Gasteiger charge is 2.22. The number of benzene rings is 11. The number of hydrogen-bond donors (Lipinski definition) is 0. The van der Waals surface area contributed by atoms with Gasteiger partial charge < -0.3 is 0 Å². The minimum Gasteiger partial charge on any atom is -0.208 e. The van der Waals surface area contributed by atoms with Crippen LogP contribution in [0, 0.1) is 0 Å². The summed E-state index contributed by atoms with van der Waals surface area (Å²) < 4.78 is 0. The van der Waals surface area contributed by atoms with Gasteiger partial charge in [-0.3, -0.25) is 0 Å². The number of fused-ring (bicyclic) bond motifs is 5. The fraction of sp³-hybridized carbons (Fsp3) is 0. The molecule has 0 spiro atoms. The smallest absolute Gasteiger partial charge is 0.164 e. The van der Waals surface area contributed by atoms with Crippen LogP contribution < -0.4 is 21.9 Å². The quantitative estimate of drug-likeness (QED) is 0.118. The molecule has 12 aromatic rings. The van der Waals surface area contributed by atoms with Crippen LogP contribution in [0.1, 0.15) is 0 Å². The van der Waals surface area contributed by atoms with Gasteiger partial charge in [-0.15, -0.1) is 5.46 Å². The monoisotopic (exact) mass is 853 g/mol. The minimum atomic E-state index is 0.201. The van der Waals surface area contributed by atoms with Crippen molar-refractivity contribution < 1.29 is 0 Å². The zero-order chi connectivity index (χ0) is 45.9. The third kappa shape index (κ3) is 7.10. The zero-order valence-electron chi connectivity index (χ0n) is 36.9. The Hall–Kier alpha value is -8.27. The van der Waals surface area contributed by atoms with Crippen LogP contribution in [0.4, 0.5) is 0 Å². The standard InChI is InChI=1S/C61H35B4N3/c62-55-53(39-17-5-2-6-18-39)56(63)58(65)57(64)54(55)61-67-59(66-60(68-61)51-24-12-23-49-46-21-10-8-16-38(46)29-32-50(49)51)44-30-31-48(36-13-3-1-4-14-36)52(35-44)43-28-26-40-33-42(27-25-41(40)34-43)47-22-11-19-37-15-7-9-20-45(37)47/h1-35H. The third-order valence-electron chi connectivity index (χ3n) is 13.2. The molecule has 0 fully saturated rings. The van der Waals surface area contributed by atoms with E-state index >= 15 is 0 Å². The van der Waals surface area contributed by atoms with Crippen LogP contribution in [0.25, 0.3) is 122 Å². The van der Waals surface area contributed by atoms with Gasteiger partial charge in [0.05, 0.1) is 0 Å². The molecule has 8 radical (unpaired) electrons. The molecule has 1 heterocycles. The highest BCUT2D eigenvalue weighted by atomic mass is 15.0. The van der Waals surface area contributed by atoms with Gasteiger partial charge >= 0.3 is 0 Å². The SMILES string of the molecule is [B]c1c([B])c(-c2ccccc2)c([B])c(-c2nc(-c3ccc(-c4ccccc4)c(-c4ccc5cc(-c6cccc7ccccc67)ccc5c4)c3)nc(-c3cccc4c3ccc3ccccc34)n2)c1[B]. The number of aromatic nitrogens is 3. The van der Waals surface area contributed by atoms with Crippen molar-refractivity contribution in [2.24, 2.45) is 0 Å². The van der Waals surface area contributed by atoms with Crippen LogP contribution in [-0.2, 0) is 0 Å². The van der Waals surface area contributed by atoms with Crippen molar-refractivity contribution in [1.82, 2.24) is 15.0 Å². The molecule has 3 nitrogen and oxygen atoms in total. The largest absolute Gasteiger partial charge is 0.208 e. The summed E-state index contributed by atoms with van der Waals surface area (Å²) in [5, 5.41) is 9.09. The Morgan fingerprint density at radius 1 is 0.235 bits per heavy atom. The van der Waals surface area contributed by atoms with E-state index in [9.17, 15) is 0 Å². The van der Waals surface area contributed by atoms with E-state index in [1.54, 1.807) is 0 Å². The van der Waals surface area contributed by atoms with Crippen molar-refractivity contribution in [3.8, 4) is 78.7 Å². The first-order valence-electron chi connectivity index (χ1n) is 22.6. The molecule has 68 heavy (non-hydrogen) atoms. The second-order valence-electron chi connectivity index (χ2n) is 17.2. The highest BCUT2D eigenvalue weighted by molar-refractivity contribution is 6.63. The maximum Gasteiger partial charge on any atom is 0.164 e. The van der Waals surface area contributed by atoms with E-state index in [2.05, 4.69) is 164 Å². The highest BCUT2D eigenvalue weighted by Crippen LogP contribution is 2.39. The second kappa shape index (κ2) is 16.9. The Bertz CT molecular complexity index is 3960. The first-order valence-corrected chi connectivity index (χ1v) is 22.6. The van der Waals surface area contributed by atoms with E-state index in [1.165, 1.54) is 21.9 Å². The molecule has 0 amide bonds. The molecule has 1 aromatic heterocycles. The predicted octanol–water partition coefficient (Wildman–Crippen LogP) is 11.3. The second-order valence-corrected chi connectivity index (χ2v) is 17.2. The van der Waals surface area contributed by atoms with Crippen molar-refractivity contribution in [2.45, 2.75) is 0 Å². The molecule has 11 aromatic carbocycles. The lowest BCUT2D eigenvalue weighted by Gasteiger charge is -2.22. The molecule has 7 heteroatoms. The van der Waals surface area contributed by atoms with Gasteiger partial charge in [0.2, 0.25) is 0 Å². The van der Waals surface area contributed by atoms with Crippen LogP contribution in [0.5, 0.6) is 0 Å². The number of rotatable bonds is 7. The molecule has 0 saturated heterocycles. The van der Waals surface area contributed by atoms with Gasteiger partial charge in [-0.05, 0) is 106 Å². The average molecular weight is 853 g/mol. The Kier molecular flexibility index (Phi) is 10.2. The Morgan fingerprint density at radius 3 is 1.51 bits per heavy atom. The molecule has 0 unspecified atom stereocenters. The molecule has 0 bridgehead atoms. The molecule has 0 N–H and O–H groups in total. The van der Waals surface area contributed by atoms with E-state index in [4.69, 9.17) is 46.3 Å². The van der Waals surface area contributed by atoms with Gasteiger partial charge in [-0.2, -0.15) is 0 Å². The lowest BCUT2D eigenvalue weighted by molar-refractivity contribution is 1.08. The maximum absolute atomic E-state index is 7.13. The van der Waals surface area contributed by atoms with Crippen LogP contribution in [-0.4, -0.2) is 46.3 Å². The molecule has 0 saturated carbocycles. The first kappa shape index (κ1) is 41.2. The number of hydrogen-bond acceptors (Lipinski definition) is 3. The molecule has 0 aliphatic rings. The lowest BCUT2D eigenvalue weighted by atomic mass is 9.63. The van der Waals surface area contributed by atoms with Crippen LogP contribution >= 0.6 is 0 Å². The minimum absolute atomic E-state index is 0.201. The van der Waals surface area contributed by atoms with E-state index in [0.29, 0.717) is 33.7 Å². The van der Waals surface area contributed by atoms with Crippen LogP contribution in [0.15, 0.2) is 212 Å². The third-order valence-corrected chi connectivity index (χ3v) is 13.2. The number of nitrogens with zero attached hydrogens (tertiary/aromatic N) is 3. The van der Waals surface area contributed by atoms with E-state index < -0.39 is 0 Å². The summed E-state index contributed by atoms with van der Waals surface area (Å²) in [6.45, 7) is 0. The topological polar surface area (TPSA) is 38.7 Å². The molecule has 0 atom stereocenters. The van der Waals surface area contributed by atoms with Gasteiger partial charge in [0.15, 0.2) is 17.5 Å². The van der Waals surface area contributed by atoms with E-state index in [-0.39, 0.29) is 16.8 Å². The lowest BCUT2D eigenvalue weighted by Crippen LogP contribution is -2.46. The maximum atomic E-state index is 7.13. The normalized spacial score (nSPS) is 11.5. The molecule has 0 aliphatic heterocycles. The van der Waals surface area contributed by atoms with Crippen molar-refractivity contribution in [1.29, 1.82) is 0 Å². The van der Waals surface area contributed by atoms with Crippen molar-refractivity contribution in [2.75, 3.05) is 0 Å². The molecular weight excluding hydrogens is 818 g/mol. The predicted molar refractivity (Wildman–Crippen MR) is 289 cm³/mol. The Labute approximate surface area is 400 Å². The van der Waals surface area contributed by atoms with Gasteiger partial charge in [-0.25, -0.2) is 15.0 Å². The summed E-state index contributed by atoms with van der Waals surface area (Å²) in [5.74, 6) is 1.19. The molecule has 0 aliphatic carbocycles. The summed E-state index contributed by atoms with van der Waals surface area (Å²) in [5.41, 5.74) is 11.0. The molecular formula is C61H35B4N3. The van der Waals surface area contributed by atoms with Crippen molar-refractivity contribution in [3.05, 3.63) is 212 Å². The van der Waals surface area contributed by atoms with E-state index in [1.807, 2.05) is 48.5 Å². The summed E-state index contributed by atoms with van der Waals surface area (Å²) >= 11 is 0. The van der Waals surface area contributed by atoms with Crippen LogP contribution in [0.2, 0.25) is 0 Å². The van der Waals surface area contributed by atoms with Crippen LogP contribution in [0.3, 0.4) is 0 Å². The van der Waals surface area contributed by atoms with Gasteiger partial charge in [0.1, 0.15) is 31.4 Å².